The number of aromatic hydroxyl groups is 3. The number of hydrogen-bond acceptors (Lipinski definition) is 5. The van der Waals surface area contributed by atoms with Gasteiger partial charge in [0.2, 0.25) is 0 Å². The molecule has 0 fully saturated rings. The van der Waals surface area contributed by atoms with Crippen molar-refractivity contribution in [1.82, 2.24) is 5.32 Å². The van der Waals surface area contributed by atoms with E-state index >= 15 is 0 Å². The van der Waals surface area contributed by atoms with Crippen LogP contribution in [0, 0.1) is 0 Å². The minimum Gasteiger partial charge on any atom is -0.507 e. The molecule has 5 N–H and O–H groups in total. The van der Waals surface area contributed by atoms with E-state index in [4.69, 9.17) is 10.2 Å². The molecule has 0 aliphatic heterocycles. The smallest absolute Gasteiger partial charge is 0.320 e. The first kappa shape index (κ1) is 12.1. The summed E-state index contributed by atoms with van der Waals surface area (Å²) < 4.78 is 0. The summed E-state index contributed by atoms with van der Waals surface area (Å²) in [5.41, 5.74) is 0.309. The summed E-state index contributed by atoms with van der Waals surface area (Å²) in [5, 5.41) is 38.9. The summed E-state index contributed by atoms with van der Waals surface area (Å²) in [5.74, 6) is -2.01. The predicted molar refractivity (Wildman–Crippen MR) is 55.4 cm³/mol. The fourth-order valence-corrected chi connectivity index (χ4v) is 1.10. The molecule has 6 heteroatoms. The van der Waals surface area contributed by atoms with Gasteiger partial charge in [0.1, 0.15) is 11.8 Å². The quantitative estimate of drug-likeness (QED) is 0.375. The summed E-state index contributed by atoms with van der Waals surface area (Å²) in [6.07, 6.45) is 0. The standard InChI is InChI=1S/C10H13NO5/c1-5(10(15)16)11-4-6-2-8(13)9(14)3-7(6)12/h2-3,5,11-14H,4H2,1H3,(H,15,16). The maximum absolute atomic E-state index is 10.5. The Morgan fingerprint density at radius 2 is 1.81 bits per heavy atom. The van der Waals surface area contributed by atoms with E-state index in [1.165, 1.54) is 13.0 Å². The van der Waals surface area contributed by atoms with Gasteiger partial charge in [-0.1, -0.05) is 0 Å². The molecule has 1 rings (SSSR count). The number of carboxylic acids is 1. The number of nitrogens with one attached hydrogen (secondary N) is 1. The molecule has 0 aliphatic rings. The molecule has 1 unspecified atom stereocenters. The maximum atomic E-state index is 10.5. The molecule has 1 atom stereocenters. The van der Waals surface area contributed by atoms with Crippen LogP contribution >= 0.6 is 0 Å². The number of aliphatic carboxylic acids is 1. The van der Waals surface area contributed by atoms with Gasteiger partial charge in [-0.05, 0) is 13.0 Å². The second-order valence-corrected chi connectivity index (χ2v) is 3.41. The monoisotopic (exact) mass is 227 g/mol. The van der Waals surface area contributed by atoms with Crippen LogP contribution in [0.5, 0.6) is 17.2 Å². The highest BCUT2D eigenvalue weighted by atomic mass is 16.4. The third-order valence-corrected chi connectivity index (χ3v) is 2.14. The van der Waals surface area contributed by atoms with Crippen LogP contribution in [-0.4, -0.2) is 32.4 Å². The van der Waals surface area contributed by atoms with Crippen LogP contribution in [0.3, 0.4) is 0 Å². The highest BCUT2D eigenvalue weighted by molar-refractivity contribution is 5.72. The summed E-state index contributed by atoms with van der Waals surface area (Å²) in [4.78, 5) is 10.5. The van der Waals surface area contributed by atoms with E-state index in [0.29, 0.717) is 5.56 Å². The molecule has 6 nitrogen and oxygen atoms in total. The molecule has 0 saturated carbocycles. The van der Waals surface area contributed by atoms with Gasteiger partial charge in [-0.3, -0.25) is 4.79 Å². The third-order valence-electron chi connectivity index (χ3n) is 2.14. The molecule has 0 bridgehead atoms. The van der Waals surface area contributed by atoms with E-state index in [9.17, 15) is 15.0 Å². The third kappa shape index (κ3) is 2.77. The van der Waals surface area contributed by atoms with Crippen LogP contribution in [0.1, 0.15) is 12.5 Å². The molecule has 0 aliphatic carbocycles. The minimum atomic E-state index is -1.01. The summed E-state index contributed by atoms with van der Waals surface area (Å²) >= 11 is 0. The number of rotatable bonds is 4. The Balaban J connectivity index is 2.74. The fraction of sp³-hybridized carbons (Fsp3) is 0.300. The van der Waals surface area contributed by atoms with E-state index in [1.807, 2.05) is 0 Å². The average molecular weight is 227 g/mol. The normalized spacial score (nSPS) is 12.3. The van der Waals surface area contributed by atoms with Gasteiger partial charge >= 0.3 is 5.97 Å². The lowest BCUT2D eigenvalue weighted by atomic mass is 10.1. The van der Waals surface area contributed by atoms with Crippen LogP contribution in [0.4, 0.5) is 0 Å². The van der Waals surface area contributed by atoms with Crippen molar-refractivity contribution < 1.29 is 25.2 Å². The van der Waals surface area contributed by atoms with Gasteiger partial charge in [0.15, 0.2) is 11.5 Å². The van der Waals surface area contributed by atoms with Crippen molar-refractivity contribution in [2.24, 2.45) is 0 Å². The predicted octanol–water partition coefficient (Wildman–Crippen LogP) is 0.366. The summed E-state index contributed by atoms with van der Waals surface area (Å²) in [6, 6.07) is 1.40. The topological polar surface area (TPSA) is 110 Å². The number of hydrogen-bond donors (Lipinski definition) is 5. The number of carboxylic acid groups (broad SMARTS) is 1. The minimum absolute atomic E-state index is 0.0765. The van der Waals surface area contributed by atoms with E-state index in [0.717, 1.165) is 6.07 Å². The zero-order chi connectivity index (χ0) is 12.3. The second kappa shape index (κ2) is 4.71. The fourth-order valence-electron chi connectivity index (χ4n) is 1.10. The highest BCUT2D eigenvalue weighted by Gasteiger charge is 2.12. The maximum Gasteiger partial charge on any atom is 0.320 e. The van der Waals surface area contributed by atoms with Gasteiger partial charge in [0.05, 0.1) is 0 Å². The van der Waals surface area contributed by atoms with Crippen molar-refractivity contribution in [1.29, 1.82) is 0 Å². The molecule has 16 heavy (non-hydrogen) atoms. The van der Waals surface area contributed by atoms with Gasteiger partial charge in [0, 0.05) is 18.2 Å². The molecule has 0 spiro atoms. The second-order valence-electron chi connectivity index (χ2n) is 3.41. The zero-order valence-corrected chi connectivity index (χ0v) is 8.64. The zero-order valence-electron chi connectivity index (χ0n) is 8.64. The van der Waals surface area contributed by atoms with Crippen molar-refractivity contribution in [3.8, 4) is 17.2 Å². The Morgan fingerprint density at radius 3 is 2.38 bits per heavy atom. The van der Waals surface area contributed by atoms with E-state index in [1.54, 1.807) is 0 Å². The van der Waals surface area contributed by atoms with Crippen molar-refractivity contribution in [3.05, 3.63) is 17.7 Å². The molecule has 88 valence electrons. The highest BCUT2D eigenvalue weighted by Crippen LogP contribution is 2.31. The van der Waals surface area contributed by atoms with Crippen LogP contribution in [0.15, 0.2) is 12.1 Å². The molecule has 0 aromatic heterocycles. The molecule has 0 saturated heterocycles. The van der Waals surface area contributed by atoms with Crippen LogP contribution in [0.2, 0.25) is 0 Å². The molecular formula is C10H13NO5. The molecule has 0 heterocycles. The van der Waals surface area contributed by atoms with E-state index in [-0.39, 0.29) is 18.0 Å². The van der Waals surface area contributed by atoms with Crippen LogP contribution in [-0.2, 0) is 11.3 Å². The molecular weight excluding hydrogens is 214 g/mol. The van der Waals surface area contributed by atoms with Crippen LogP contribution in [0.25, 0.3) is 0 Å². The van der Waals surface area contributed by atoms with Crippen molar-refractivity contribution in [2.45, 2.75) is 19.5 Å². The van der Waals surface area contributed by atoms with Crippen molar-refractivity contribution in [3.63, 3.8) is 0 Å². The summed E-state index contributed by atoms with van der Waals surface area (Å²) in [6.45, 7) is 1.53. The van der Waals surface area contributed by atoms with Gasteiger partial charge < -0.3 is 25.7 Å². The molecule has 0 radical (unpaired) electrons. The van der Waals surface area contributed by atoms with Gasteiger partial charge in [-0.2, -0.15) is 0 Å². The van der Waals surface area contributed by atoms with Crippen molar-refractivity contribution in [2.75, 3.05) is 0 Å². The SMILES string of the molecule is CC(NCc1cc(O)c(O)cc1O)C(=O)O. The average Bonchev–Trinajstić information content (AvgIpc) is 2.20. The first-order chi connectivity index (χ1) is 7.41. The molecule has 0 amide bonds. The molecule has 1 aromatic rings. The number of phenols is 3. The van der Waals surface area contributed by atoms with Gasteiger partial charge in [-0.25, -0.2) is 0 Å². The Labute approximate surface area is 91.8 Å². The van der Waals surface area contributed by atoms with E-state index < -0.39 is 17.8 Å². The largest absolute Gasteiger partial charge is 0.507 e. The van der Waals surface area contributed by atoms with E-state index in [2.05, 4.69) is 5.32 Å². The lowest BCUT2D eigenvalue weighted by Crippen LogP contribution is -2.33. The first-order valence-electron chi connectivity index (χ1n) is 4.62. The van der Waals surface area contributed by atoms with Crippen molar-refractivity contribution >= 4 is 5.97 Å². The Bertz CT molecular complexity index is 404. The lowest BCUT2D eigenvalue weighted by Gasteiger charge is -2.11. The van der Waals surface area contributed by atoms with Gasteiger partial charge in [-0.15, -0.1) is 0 Å². The Kier molecular flexibility index (Phi) is 3.57. The number of benzene rings is 1. The first-order valence-corrected chi connectivity index (χ1v) is 4.62. The number of phenolic OH excluding ortho intramolecular Hbond substituents is 3. The Morgan fingerprint density at radius 1 is 1.25 bits per heavy atom. The lowest BCUT2D eigenvalue weighted by molar-refractivity contribution is -0.139. The number of carbonyl (C=O) groups is 1. The van der Waals surface area contributed by atoms with Gasteiger partial charge in [0.25, 0.3) is 0 Å². The molecule has 1 aromatic carbocycles. The Hall–Kier alpha value is -1.95. The summed E-state index contributed by atoms with van der Waals surface area (Å²) in [7, 11) is 0. The van der Waals surface area contributed by atoms with Crippen LogP contribution < -0.4 is 5.32 Å².